The van der Waals surface area contributed by atoms with Gasteiger partial charge in [0.2, 0.25) is 5.92 Å². The van der Waals surface area contributed by atoms with Crippen molar-refractivity contribution in [3.8, 4) is 0 Å². The lowest BCUT2D eigenvalue weighted by atomic mass is 9.78. The summed E-state index contributed by atoms with van der Waals surface area (Å²) in [5, 5.41) is 0. The van der Waals surface area contributed by atoms with Gasteiger partial charge in [0.05, 0.1) is 0 Å². The topological polar surface area (TPSA) is 0 Å². The van der Waals surface area contributed by atoms with E-state index >= 15 is 0 Å². The molecule has 0 heterocycles. The van der Waals surface area contributed by atoms with E-state index in [1.165, 1.54) is 25.7 Å². The van der Waals surface area contributed by atoms with Crippen molar-refractivity contribution in [3.05, 3.63) is 0 Å². The Hall–Kier alpha value is -0.280. The summed E-state index contributed by atoms with van der Waals surface area (Å²) in [5.41, 5.74) is 0.399. The molecular formula is C27H50F4. The van der Waals surface area contributed by atoms with Crippen LogP contribution in [0.1, 0.15) is 127 Å². The second-order valence-electron chi connectivity index (χ2n) is 13.6. The molecule has 3 rings (SSSR count). The highest BCUT2D eigenvalue weighted by atomic mass is 19.3. The van der Waals surface area contributed by atoms with Gasteiger partial charge in [-0.3, -0.25) is 0 Å². The average Bonchev–Trinajstić information content (AvgIpc) is 3.25. The van der Waals surface area contributed by atoms with E-state index in [-0.39, 0.29) is 36.0 Å². The Kier molecular flexibility index (Phi) is 9.58. The normalized spacial score (nSPS) is 28.5. The monoisotopic (exact) mass is 450 g/mol. The molecule has 0 radical (unpaired) electrons. The zero-order chi connectivity index (χ0) is 24.3. The van der Waals surface area contributed by atoms with Gasteiger partial charge < -0.3 is 0 Å². The number of rotatable bonds is 0. The Morgan fingerprint density at radius 2 is 1.03 bits per heavy atom. The molecule has 0 aromatic heterocycles. The molecule has 0 N–H and O–H groups in total. The van der Waals surface area contributed by atoms with Crippen LogP contribution in [-0.4, -0.2) is 11.8 Å². The van der Waals surface area contributed by atoms with Gasteiger partial charge in [0, 0.05) is 25.2 Å². The van der Waals surface area contributed by atoms with Crippen molar-refractivity contribution in [2.75, 3.05) is 0 Å². The van der Waals surface area contributed by atoms with E-state index in [9.17, 15) is 17.6 Å². The molecule has 0 aliphatic heterocycles. The number of hydrogen-bond donors (Lipinski definition) is 0. The Balaban J connectivity index is 0.000000234. The zero-order valence-corrected chi connectivity index (χ0v) is 21.8. The molecule has 0 spiro atoms. The molecule has 0 saturated heterocycles. The first-order valence-corrected chi connectivity index (χ1v) is 12.5. The van der Waals surface area contributed by atoms with E-state index in [1.807, 2.05) is 41.5 Å². The molecule has 0 nitrogen and oxygen atoms in total. The van der Waals surface area contributed by atoms with E-state index in [2.05, 4.69) is 20.8 Å². The fraction of sp³-hybridized carbons (Fsp3) is 1.00. The van der Waals surface area contributed by atoms with Crippen molar-refractivity contribution >= 4 is 0 Å². The molecular weight excluding hydrogens is 400 g/mol. The first kappa shape index (κ1) is 28.8. The quantitative estimate of drug-likeness (QED) is 0.322. The van der Waals surface area contributed by atoms with Crippen molar-refractivity contribution in [1.29, 1.82) is 0 Å². The maximum absolute atomic E-state index is 13.1. The second kappa shape index (κ2) is 10.3. The molecule has 0 amide bonds. The van der Waals surface area contributed by atoms with Crippen LogP contribution in [0.15, 0.2) is 0 Å². The Labute approximate surface area is 190 Å². The Morgan fingerprint density at radius 3 is 1.23 bits per heavy atom. The standard InChI is InChI=1S/2C9H16F2.C9H18/c1-8(2,3)7-4-5-9(10,11)6-7;1-8(2,3)7-5-4-6-9(7,10)11;1-9(2,3)8-6-4-5-7-8/h2*7H,4-6H2,1-3H3;8H,4-7H2,1-3H3. The van der Waals surface area contributed by atoms with E-state index in [0.717, 1.165) is 5.92 Å². The van der Waals surface area contributed by atoms with Crippen LogP contribution >= 0.6 is 0 Å². The summed E-state index contributed by atoms with van der Waals surface area (Å²) in [6.45, 7) is 18.9. The van der Waals surface area contributed by atoms with Crippen LogP contribution < -0.4 is 0 Å². The molecule has 0 bridgehead atoms. The molecule has 2 atom stereocenters. The molecule has 31 heavy (non-hydrogen) atoms. The summed E-state index contributed by atoms with van der Waals surface area (Å²) in [7, 11) is 0. The first-order valence-electron chi connectivity index (χ1n) is 12.5. The Bertz CT molecular complexity index is 525. The van der Waals surface area contributed by atoms with Crippen molar-refractivity contribution in [1.82, 2.24) is 0 Å². The molecule has 3 fully saturated rings. The fourth-order valence-corrected chi connectivity index (χ4v) is 5.47. The van der Waals surface area contributed by atoms with Crippen molar-refractivity contribution in [2.45, 2.75) is 138 Å². The number of alkyl halides is 4. The molecule has 186 valence electrons. The van der Waals surface area contributed by atoms with Crippen LogP contribution in [0.5, 0.6) is 0 Å². The van der Waals surface area contributed by atoms with Crippen molar-refractivity contribution < 1.29 is 17.6 Å². The van der Waals surface area contributed by atoms with Crippen molar-refractivity contribution in [3.63, 3.8) is 0 Å². The van der Waals surface area contributed by atoms with Gasteiger partial charge in [-0.25, -0.2) is 17.6 Å². The van der Waals surface area contributed by atoms with E-state index < -0.39 is 17.8 Å². The van der Waals surface area contributed by atoms with Gasteiger partial charge in [0.25, 0.3) is 5.92 Å². The highest BCUT2D eigenvalue weighted by Crippen LogP contribution is 2.49. The average molecular weight is 451 g/mol. The lowest BCUT2D eigenvalue weighted by molar-refractivity contribution is -0.0749. The lowest BCUT2D eigenvalue weighted by Gasteiger charge is -2.31. The summed E-state index contributed by atoms with van der Waals surface area (Å²) in [4.78, 5) is 0. The maximum atomic E-state index is 13.1. The third-order valence-corrected chi connectivity index (χ3v) is 7.77. The molecule has 3 aliphatic rings. The number of halogens is 4. The van der Waals surface area contributed by atoms with Crippen LogP contribution in [0.3, 0.4) is 0 Å². The van der Waals surface area contributed by atoms with Gasteiger partial charge in [-0.15, -0.1) is 0 Å². The maximum Gasteiger partial charge on any atom is 0.251 e. The zero-order valence-electron chi connectivity index (χ0n) is 21.8. The minimum atomic E-state index is -2.40. The predicted octanol–water partition coefficient (Wildman–Crippen LogP) is 10.2. The fourth-order valence-electron chi connectivity index (χ4n) is 5.47. The predicted molar refractivity (Wildman–Crippen MR) is 125 cm³/mol. The molecule has 3 aliphatic carbocycles. The van der Waals surface area contributed by atoms with Gasteiger partial charge in [-0.1, -0.05) is 75.2 Å². The van der Waals surface area contributed by atoms with Gasteiger partial charge in [0.15, 0.2) is 0 Å². The SMILES string of the molecule is CC(C)(C)C1CCC(F)(F)C1.CC(C)(C)C1CCCC1.CC(C)(C)C1CCCC1(F)F. The number of hydrogen-bond acceptors (Lipinski definition) is 0. The summed E-state index contributed by atoms with van der Waals surface area (Å²) in [5.74, 6) is -3.97. The smallest absolute Gasteiger partial charge is 0.207 e. The molecule has 2 unspecified atom stereocenters. The molecule has 4 heteroatoms. The van der Waals surface area contributed by atoms with Gasteiger partial charge in [0.1, 0.15) is 0 Å². The van der Waals surface area contributed by atoms with Crippen molar-refractivity contribution in [2.24, 2.45) is 34.0 Å². The molecule has 3 saturated carbocycles. The lowest BCUT2D eigenvalue weighted by Crippen LogP contribution is -2.32. The van der Waals surface area contributed by atoms with Gasteiger partial charge in [-0.2, -0.15) is 0 Å². The second-order valence-corrected chi connectivity index (χ2v) is 13.6. The van der Waals surface area contributed by atoms with Crippen LogP contribution in [0.25, 0.3) is 0 Å². The van der Waals surface area contributed by atoms with Crippen LogP contribution in [0.2, 0.25) is 0 Å². The summed E-state index contributed by atoms with van der Waals surface area (Å²) < 4.78 is 51.7. The van der Waals surface area contributed by atoms with E-state index in [0.29, 0.717) is 24.7 Å². The summed E-state index contributed by atoms with van der Waals surface area (Å²) in [6, 6.07) is 0. The third-order valence-electron chi connectivity index (χ3n) is 7.77. The van der Waals surface area contributed by atoms with Crippen LogP contribution in [0, 0.1) is 34.0 Å². The summed E-state index contributed by atoms with van der Waals surface area (Å²) >= 11 is 0. The summed E-state index contributed by atoms with van der Waals surface area (Å²) in [6.07, 6.45) is 8.25. The first-order chi connectivity index (χ1) is 13.8. The Morgan fingerprint density at radius 1 is 0.548 bits per heavy atom. The highest BCUT2D eigenvalue weighted by Gasteiger charge is 2.49. The van der Waals surface area contributed by atoms with Gasteiger partial charge in [-0.05, 0) is 60.2 Å². The molecule has 0 aromatic rings. The largest absolute Gasteiger partial charge is 0.251 e. The minimum absolute atomic E-state index is 0.0555. The minimum Gasteiger partial charge on any atom is -0.207 e. The third kappa shape index (κ3) is 9.62. The van der Waals surface area contributed by atoms with Crippen LogP contribution in [-0.2, 0) is 0 Å². The van der Waals surface area contributed by atoms with E-state index in [1.54, 1.807) is 0 Å². The van der Waals surface area contributed by atoms with Crippen LogP contribution in [0.4, 0.5) is 17.6 Å². The molecule has 0 aromatic carbocycles. The van der Waals surface area contributed by atoms with Gasteiger partial charge >= 0.3 is 0 Å². The van der Waals surface area contributed by atoms with E-state index in [4.69, 9.17) is 0 Å². The highest BCUT2D eigenvalue weighted by molar-refractivity contribution is 4.91.